The predicted octanol–water partition coefficient (Wildman–Crippen LogP) is 0.837. The number of carboxylic acid groups (broad SMARTS) is 1. The molecule has 1 heterocycles. The van der Waals surface area contributed by atoms with Crippen LogP contribution in [0.3, 0.4) is 0 Å². The van der Waals surface area contributed by atoms with Crippen LogP contribution >= 0.6 is 0 Å². The molecular formula is C24H31N5O9. The van der Waals surface area contributed by atoms with Gasteiger partial charge in [-0.1, -0.05) is 30.3 Å². The van der Waals surface area contributed by atoms with Crippen molar-refractivity contribution in [3.05, 3.63) is 68.5 Å². The van der Waals surface area contributed by atoms with Crippen molar-refractivity contribution in [3.8, 4) is 0 Å². The van der Waals surface area contributed by atoms with Crippen molar-refractivity contribution in [1.82, 2.24) is 24.9 Å². The number of hydrazine groups is 1. The summed E-state index contributed by atoms with van der Waals surface area (Å²) in [5.41, 5.74) is 0.748. The first kappa shape index (κ1) is 29.6. The van der Waals surface area contributed by atoms with Gasteiger partial charge in [0.2, 0.25) is 5.91 Å². The second-order valence-corrected chi connectivity index (χ2v) is 9.21. The monoisotopic (exact) mass is 533 g/mol. The molecule has 0 atom stereocenters. The Morgan fingerprint density at radius 3 is 2.34 bits per heavy atom. The van der Waals surface area contributed by atoms with Crippen LogP contribution < -0.4 is 16.7 Å². The van der Waals surface area contributed by atoms with Crippen molar-refractivity contribution < 1.29 is 33.8 Å². The van der Waals surface area contributed by atoms with Gasteiger partial charge in [0.15, 0.2) is 0 Å². The van der Waals surface area contributed by atoms with Crippen molar-refractivity contribution in [2.75, 3.05) is 19.6 Å². The number of H-pyrrole nitrogens is 1. The first-order valence-electron chi connectivity index (χ1n) is 11.5. The van der Waals surface area contributed by atoms with Gasteiger partial charge in [-0.3, -0.25) is 23.9 Å². The molecule has 0 radical (unpaired) electrons. The molecule has 1 aromatic carbocycles. The lowest BCUT2D eigenvalue weighted by Gasteiger charge is -2.29. The largest absolute Gasteiger partial charge is 0.480 e. The lowest BCUT2D eigenvalue weighted by molar-refractivity contribution is -0.144. The molecule has 0 saturated heterocycles. The van der Waals surface area contributed by atoms with E-state index in [9.17, 15) is 33.9 Å². The number of ether oxygens (including phenoxy) is 2. The summed E-state index contributed by atoms with van der Waals surface area (Å²) in [4.78, 5) is 75.9. The molecule has 0 aliphatic heterocycles. The quantitative estimate of drug-likeness (QED) is 0.394. The maximum atomic E-state index is 12.9. The van der Waals surface area contributed by atoms with Gasteiger partial charge in [0.05, 0.1) is 6.54 Å². The van der Waals surface area contributed by atoms with Crippen LogP contribution in [0.4, 0.5) is 9.59 Å². The summed E-state index contributed by atoms with van der Waals surface area (Å²) in [6.45, 7) is 4.16. The van der Waals surface area contributed by atoms with Gasteiger partial charge in [0, 0.05) is 18.3 Å². The van der Waals surface area contributed by atoms with Crippen molar-refractivity contribution in [2.24, 2.45) is 0 Å². The normalized spacial score (nSPS) is 10.8. The fourth-order valence-electron chi connectivity index (χ4n) is 3.03. The summed E-state index contributed by atoms with van der Waals surface area (Å²) < 4.78 is 11.3. The van der Waals surface area contributed by atoms with Gasteiger partial charge < -0.3 is 19.5 Å². The van der Waals surface area contributed by atoms with Gasteiger partial charge >= 0.3 is 23.8 Å². The zero-order valence-electron chi connectivity index (χ0n) is 21.6. The number of aryl methyl sites for hydroxylation is 1. The second kappa shape index (κ2) is 13.1. The van der Waals surface area contributed by atoms with E-state index in [0.717, 1.165) is 14.5 Å². The van der Waals surface area contributed by atoms with Crippen LogP contribution in [0.2, 0.25) is 0 Å². The molecular weight excluding hydrogens is 502 g/mol. The molecule has 2 rings (SSSR count). The lowest BCUT2D eigenvalue weighted by atomic mass is 10.2. The Bertz CT molecular complexity index is 1260. The number of nitrogens with one attached hydrogen (secondary N) is 2. The molecule has 206 valence electrons. The smallest absolute Gasteiger partial charge is 0.429 e. The Kier molecular flexibility index (Phi) is 10.2. The average Bonchev–Trinajstić information content (AvgIpc) is 2.82. The summed E-state index contributed by atoms with van der Waals surface area (Å²) in [7, 11) is 0. The highest BCUT2D eigenvalue weighted by molar-refractivity contribution is 5.81. The van der Waals surface area contributed by atoms with Crippen molar-refractivity contribution >= 4 is 24.1 Å². The van der Waals surface area contributed by atoms with Crippen LogP contribution in [-0.4, -0.2) is 73.9 Å². The molecule has 14 nitrogen and oxygen atoms in total. The van der Waals surface area contributed by atoms with Gasteiger partial charge in [0.1, 0.15) is 25.3 Å². The molecule has 0 aliphatic carbocycles. The highest BCUT2D eigenvalue weighted by Gasteiger charge is 2.26. The maximum Gasteiger partial charge on any atom is 0.429 e. The van der Waals surface area contributed by atoms with Gasteiger partial charge in [-0.25, -0.2) is 24.8 Å². The number of carbonyl (C=O) groups excluding carboxylic acids is 3. The number of aromatic nitrogens is 2. The summed E-state index contributed by atoms with van der Waals surface area (Å²) >= 11 is 0. The Labute approximate surface area is 217 Å². The predicted molar refractivity (Wildman–Crippen MR) is 133 cm³/mol. The molecule has 38 heavy (non-hydrogen) atoms. The minimum atomic E-state index is -1.35. The van der Waals surface area contributed by atoms with Crippen LogP contribution in [0.25, 0.3) is 0 Å². The van der Waals surface area contributed by atoms with Gasteiger partial charge in [-0.15, -0.1) is 0 Å². The van der Waals surface area contributed by atoms with E-state index in [1.54, 1.807) is 51.1 Å². The van der Waals surface area contributed by atoms with Gasteiger partial charge in [-0.2, -0.15) is 0 Å². The number of carboxylic acids is 1. The number of nitrogens with zero attached hydrogens (tertiary/aromatic N) is 3. The number of aliphatic carboxylic acids is 1. The van der Waals surface area contributed by atoms with Gasteiger partial charge in [0.25, 0.3) is 5.56 Å². The zero-order valence-corrected chi connectivity index (χ0v) is 21.6. The lowest BCUT2D eigenvalue weighted by Crippen LogP contribution is -2.52. The third-order valence-electron chi connectivity index (χ3n) is 4.82. The minimum Gasteiger partial charge on any atom is -0.480 e. The molecule has 1 aromatic heterocycles. The van der Waals surface area contributed by atoms with Crippen LogP contribution in [0.15, 0.2) is 46.1 Å². The van der Waals surface area contributed by atoms with Gasteiger partial charge in [-0.05, 0) is 33.3 Å². The molecule has 0 spiro atoms. The van der Waals surface area contributed by atoms with Crippen molar-refractivity contribution in [3.63, 3.8) is 0 Å². The molecule has 3 N–H and O–H groups in total. The van der Waals surface area contributed by atoms with E-state index in [1.165, 1.54) is 13.1 Å². The topological polar surface area (TPSA) is 180 Å². The fraction of sp³-hybridized carbons (Fsp3) is 0.417. The Morgan fingerprint density at radius 1 is 1.08 bits per heavy atom. The van der Waals surface area contributed by atoms with Crippen LogP contribution in [0.1, 0.15) is 31.9 Å². The molecule has 0 unspecified atom stereocenters. The van der Waals surface area contributed by atoms with Crippen LogP contribution in [0.5, 0.6) is 0 Å². The Balaban J connectivity index is 2.15. The van der Waals surface area contributed by atoms with E-state index < -0.39 is 54.0 Å². The summed E-state index contributed by atoms with van der Waals surface area (Å²) in [5, 5.41) is 10.0. The van der Waals surface area contributed by atoms with E-state index in [4.69, 9.17) is 9.47 Å². The van der Waals surface area contributed by atoms with Crippen molar-refractivity contribution in [2.45, 2.75) is 46.4 Å². The molecule has 2 aromatic rings. The van der Waals surface area contributed by atoms with Crippen molar-refractivity contribution in [1.29, 1.82) is 0 Å². The third kappa shape index (κ3) is 9.79. The Morgan fingerprint density at radius 2 is 1.74 bits per heavy atom. The molecule has 14 heteroatoms. The standard InChI is InChI=1S/C24H31N5O9/c1-16-12-28(21(34)25-20(16)33)13-18(30)27(14-19(31)32)10-11-29(23(36)38-24(2,3)4)26-22(35)37-15-17-8-6-5-7-9-17/h5-9,12H,10-11,13-15H2,1-4H3,(H,26,35)(H,31,32)(H,25,33,34). The second-order valence-electron chi connectivity index (χ2n) is 9.21. The van der Waals surface area contributed by atoms with E-state index in [-0.39, 0.29) is 25.3 Å². The first-order valence-corrected chi connectivity index (χ1v) is 11.5. The minimum absolute atomic E-state index is 0.0776. The van der Waals surface area contributed by atoms with E-state index >= 15 is 0 Å². The molecule has 0 saturated carbocycles. The Hall–Kier alpha value is -4.62. The number of carbonyl (C=O) groups is 4. The molecule has 0 bridgehead atoms. The van der Waals surface area contributed by atoms with Crippen LogP contribution in [0, 0.1) is 6.92 Å². The average molecular weight is 534 g/mol. The van der Waals surface area contributed by atoms with E-state index in [0.29, 0.717) is 5.56 Å². The molecule has 0 fully saturated rings. The first-order chi connectivity index (χ1) is 17.7. The summed E-state index contributed by atoms with van der Waals surface area (Å²) in [6, 6.07) is 8.81. The molecule has 0 aliphatic rings. The highest BCUT2D eigenvalue weighted by Crippen LogP contribution is 2.10. The summed E-state index contributed by atoms with van der Waals surface area (Å²) in [5.74, 6) is -2.13. The zero-order chi connectivity index (χ0) is 28.5. The number of aromatic amines is 1. The van der Waals surface area contributed by atoms with E-state index in [2.05, 4.69) is 10.4 Å². The number of amides is 3. The number of hydrogen-bond donors (Lipinski definition) is 3. The van der Waals surface area contributed by atoms with Crippen LogP contribution in [-0.2, 0) is 32.2 Å². The third-order valence-corrected chi connectivity index (χ3v) is 4.82. The summed E-state index contributed by atoms with van der Waals surface area (Å²) in [6.07, 6.45) is -0.773. The fourth-order valence-corrected chi connectivity index (χ4v) is 3.03. The molecule has 3 amide bonds. The SMILES string of the molecule is Cc1cn(CC(=O)N(CCN(NC(=O)OCc2ccccc2)C(=O)OC(C)(C)C)CC(=O)O)c(=O)[nH]c1=O. The number of rotatable bonds is 9. The maximum absolute atomic E-state index is 12.9. The number of benzene rings is 1. The van der Waals surface area contributed by atoms with E-state index in [1.807, 2.05) is 0 Å². The number of hydrogen-bond acceptors (Lipinski definition) is 8. The highest BCUT2D eigenvalue weighted by atomic mass is 16.6.